The van der Waals surface area contributed by atoms with E-state index in [9.17, 15) is 4.39 Å². The summed E-state index contributed by atoms with van der Waals surface area (Å²) in [4.78, 5) is 4.14. The van der Waals surface area contributed by atoms with Crippen molar-refractivity contribution in [2.24, 2.45) is 0 Å². The Labute approximate surface area is 101 Å². The number of aromatic nitrogens is 3. The summed E-state index contributed by atoms with van der Waals surface area (Å²) in [5.41, 5.74) is 0.828. The van der Waals surface area contributed by atoms with Crippen LogP contribution < -0.4 is 0 Å². The van der Waals surface area contributed by atoms with Gasteiger partial charge in [0, 0.05) is 10.9 Å². The number of nitrogens with zero attached hydrogens (tertiary/aromatic N) is 1. The molecule has 0 fully saturated rings. The topological polar surface area (TPSA) is 44.5 Å². The molecule has 0 unspecified atom stereocenters. The van der Waals surface area contributed by atoms with Crippen molar-refractivity contribution in [1.82, 2.24) is 15.2 Å². The molecule has 84 valence electrons. The Morgan fingerprint density at radius 1 is 1.00 bits per heavy atom. The van der Waals surface area contributed by atoms with Gasteiger partial charge in [-0.25, -0.2) is 4.39 Å². The van der Waals surface area contributed by atoms with Crippen LogP contribution in [0.3, 0.4) is 0 Å². The van der Waals surface area contributed by atoms with E-state index in [1.54, 1.807) is 12.1 Å². The number of hydrogen-bond donors (Lipinski definition) is 2. The van der Waals surface area contributed by atoms with Gasteiger partial charge < -0.3 is 0 Å². The molecule has 0 bridgehead atoms. The molecule has 0 atom stereocenters. The van der Waals surface area contributed by atoms with E-state index < -0.39 is 0 Å². The Morgan fingerprint density at radius 2 is 1.76 bits per heavy atom. The van der Waals surface area contributed by atoms with Crippen molar-refractivity contribution in [1.29, 1.82) is 0 Å². The number of rotatable bonds is 1. The lowest BCUT2D eigenvalue weighted by Crippen LogP contribution is -1.86. The average Bonchev–Trinajstić information content (AvgIpc) is 2.77. The van der Waals surface area contributed by atoms with Crippen molar-refractivity contribution in [2.45, 2.75) is 0 Å². The highest BCUT2D eigenvalue weighted by molar-refractivity contribution is 7.71. The van der Waals surface area contributed by atoms with Crippen molar-refractivity contribution in [2.75, 3.05) is 0 Å². The van der Waals surface area contributed by atoms with Crippen LogP contribution in [-0.4, -0.2) is 15.2 Å². The molecule has 0 aliphatic heterocycles. The average molecular weight is 245 g/mol. The minimum absolute atomic E-state index is 0.238. The summed E-state index contributed by atoms with van der Waals surface area (Å²) in [6, 6.07) is 10.4. The third-order valence-corrected chi connectivity index (χ3v) is 2.82. The Morgan fingerprint density at radius 3 is 2.47 bits per heavy atom. The van der Waals surface area contributed by atoms with Gasteiger partial charge in [-0.2, -0.15) is 4.98 Å². The van der Waals surface area contributed by atoms with Gasteiger partial charge in [0.15, 0.2) is 5.82 Å². The number of halogens is 1. The summed E-state index contributed by atoms with van der Waals surface area (Å²) < 4.78 is 14.0. The van der Waals surface area contributed by atoms with E-state index in [2.05, 4.69) is 15.2 Å². The first-order valence-corrected chi connectivity index (χ1v) is 5.49. The van der Waals surface area contributed by atoms with Crippen LogP contribution in [0.2, 0.25) is 0 Å². The fraction of sp³-hybridized carbons (Fsp3) is 0. The van der Waals surface area contributed by atoms with Crippen molar-refractivity contribution < 1.29 is 4.39 Å². The van der Waals surface area contributed by atoms with Gasteiger partial charge >= 0.3 is 0 Å². The van der Waals surface area contributed by atoms with Crippen LogP contribution in [0.4, 0.5) is 4.39 Å². The van der Waals surface area contributed by atoms with Crippen LogP contribution in [0.25, 0.3) is 22.2 Å². The molecule has 2 N–H and O–H groups in total. The molecule has 2 aromatic carbocycles. The SMILES string of the molecule is Fc1ccc(-c2nc(=S)[nH][nH]2)c2ccccc12. The van der Waals surface area contributed by atoms with E-state index in [1.807, 2.05) is 18.2 Å². The van der Waals surface area contributed by atoms with Gasteiger partial charge in [-0.05, 0) is 29.7 Å². The fourth-order valence-electron chi connectivity index (χ4n) is 1.87. The van der Waals surface area contributed by atoms with Crippen molar-refractivity contribution in [3.8, 4) is 11.4 Å². The van der Waals surface area contributed by atoms with Gasteiger partial charge in [-0.3, -0.25) is 10.2 Å². The molecule has 17 heavy (non-hydrogen) atoms. The van der Waals surface area contributed by atoms with Crippen LogP contribution >= 0.6 is 12.2 Å². The molecule has 1 aromatic heterocycles. The largest absolute Gasteiger partial charge is 0.282 e. The third-order valence-electron chi connectivity index (χ3n) is 2.63. The predicted octanol–water partition coefficient (Wildman–Crippen LogP) is 3.43. The van der Waals surface area contributed by atoms with Gasteiger partial charge in [0.25, 0.3) is 0 Å². The Kier molecular flexibility index (Phi) is 2.26. The van der Waals surface area contributed by atoms with E-state index in [0.29, 0.717) is 16.0 Å². The number of aromatic amines is 2. The van der Waals surface area contributed by atoms with Crippen LogP contribution in [0.15, 0.2) is 36.4 Å². The molecule has 3 aromatic rings. The molecule has 0 radical (unpaired) electrons. The lowest BCUT2D eigenvalue weighted by Gasteiger charge is -2.04. The highest BCUT2D eigenvalue weighted by atomic mass is 32.1. The van der Waals surface area contributed by atoms with Crippen LogP contribution in [0.1, 0.15) is 0 Å². The first-order valence-electron chi connectivity index (χ1n) is 5.08. The standard InChI is InChI=1S/C12H8FN3S/c13-10-6-5-9(11-14-12(17)16-15-11)7-3-1-2-4-8(7)10/h1-6H,(H2,14,15,16,17). The molecular formula is C12H8FN3S. The van der Waals surface area contributed by atoms with E-state index in [4.69, 9.17) is 12.2 Å². The zero-order valence-corrected chi connectivity index (χ0v) is 9.51. The molecule has 0 aliphatic carbocycles. The molecule has 0 aliphatic rings. The van der Waals surface area contributed by atoms with E-state index >= 15 is 0 Å². The number of benzene rings is 2. The van der Waals surface area contributed by atoms with Gasteiger partial charge in [0.1, 0.15) is 5.82 Å². The Bertz CT molecular complexity index is 745. The molecule has 0 amide bonds. The Balaban J connectivity index is 2.38. The number of fused-ring (bicyclic) bond motifs is 1. The smallest absolute Gasteiger partial charge is 0.213 e. The summed E-state index contributed by atoms with van der Waals surface area (Å²) in [6.07, 6.45) is 0. The number of nitrogens with one attached hydrogen (secondary N) is 2. The molecule has 0 saturated carbocycles. The second kappa shape index (κ2) is 3.78. The third kappa shape index (κ3) is 1.64. The zero-order valence-electron chi connectivity index (χ0n) is 8.70. The molecule has 0 spiro atoms. The minimum Gasteiger partial charge on any atom is -0.282 e. The summed E-state index contributed by atoms with van der Waals surface area (Å²) in [5.74, 6) is 0.379. The lowest BCUT2D eigenvalue weighted by molar-refractivity contribution is 0.640. The molecular weight excluding hydrogens is 237 g/mol. The number of hydrogen-bond acceptors (Lipinski definition) is 2. The monoisotopic (exact) mass is 245 g/mol. The van der Waals surface area contributed by atoms with E-state index in [-0.39, 0.29) is 5.82 Å². The first-order chi connectivity index (χ1) is 8.25. The molecule has 3 rings (SSSR count). The minimum atomic E-state index is -0.238. The van der Waals surface area contributed by atoms with Gasteiger partial charge in [0.2, 0.25) is 4.77 Å². The van der Waals surface area contributed by atoms with E-state index in [1.165, 1.54) is 6.07 Å². The van der Waals surface area contributed by atoms with Crippen LogP contribution in [0.5, 0.6) is 0 Å². The second-order valence-corrected chi connectivity index (χ2v) is 4.04. The molecule has 5 heteroatoms. The highest BCUT2D eigenvalue weighted by Crippen LogP contribution is 2.27. The second-order valence-electron chi connectivity index (χ2n) is 3.66. The maximum absolute atomic E-state index is 13.6. The quantitative estimate of drug-likeness (QED) is 0.645. The summed E-state index contributed by atoms with van der Waals surface area (Å²) in [6.45, 7) is 0. The Hall–Kier alpha value is -2.01. The van der Waals surface area contributed by atoms with Crippen molar-refractivity contribution >= 4 is 23.0 Å². The lowest BCUT2D eigenvalue weighted by atomic mass is 10.0. The van der Waals surface area contributed by atoms with Crippen molar-refractivity contribution in [3.05, 3.63) is 47.0 Å². The summed E-state index contributed by atoms with van der Waals surface area (Å²) in [7, 11) is 0. The number of H-pyrrole nitrogens is 2. The molecule has 3 nitrogen and oxygen atoms in total. The van der Waals surface area contributed by atoms with E-state index in [0.717, 1.165) is 10.9 Å². The molecule has 0 saturated heterocycles. The van der Waals surface area contributed by atoms with Crippen molar-refractivity contribution in [3.63, 3.8) is 0 Å². The summed E-state index contributed by atoms with van der Waals surface area (Å²) >= 11 is 4.91. The van der Waals surface area contributed by atoms with Gasteiger partial charge in [-0.15, -0.1) is 0 Å². The van der Waals surface area contributed by atoms with Gasteiger partial charge in [0.05, 0.1) is 0 Å². The maximum atomic E-state index is 13.6. The normalized spacial score (nSPS) is 10.9. The van der Waals surface area contributed by atoms with Crippen LogP contribution in [-0.2, 0) is 0 Å². The zero-order chi connectivity index (χ0) is 11.8. The van der Waals surface area contributed by atoms with Gasteiger partial charge in [-0.1, -0.05) is 24.3 Å². The maximum Gasteiger partial charge on any atom is 0.213 e. The fourth-order valence-corrected chi connectivity index (χ4v) is 2.01. The highest BCUT2D eigenvalue weighted by Gasteiger charge is 2.08. The predicted molar refractivity (Wildman–Crippen MR) is 66.7 cm³/mol. The summed E-state index contributed by atoms with van der Waals surface area (Å²) in [5, 5.41) is 6.99. The first kappa shape index (κ1) is 10.2. The molecule has 1 heterocycles. The van der Waals surface area contributed by atoms with Crippen LogP contribution in [0, 0.1) is 10.6 Å².